The van der Waals surface area contributed by atoms with Crippen LogP contribution in [0.2, 0.25) is 0 Å². The van der Waals surface area contributed by atoms with Gasteiger partial charge in [0.05, 0.1) is 0 Å². The molecule has 0 heterocycles. The quantitative estimate of drug-likeness (QED) is 0.486. The summed E-state index contributed by atoms with van der Waals surface area (Å²) in [6.07, 6.45) is 22.3. The smallest absolute Gasteiger partial charge is 0.0234 e. The minimum absolute atomic E-state index is 0.880. The summed E-state index contributed by atoms with van der Waals surface area (Å²) in [5.41, 5.74) is 0. The molecule has 0 aromatic rings. The van der Waals surface area contributed by atoms with E-state index in [0.717, 1.165) is 5.92 Å². The predicted octanol–water partition coefficient (Wildman–Crippen LogP) is 5.87. The third-order valence-electron chi connectivity index (χ3n) is 3.86. The molecule has 0 saturated heterocycles. The van der Waals surface area contributed by atoms with Gasteiger partial charge in [0, 0.05) is 0 Å². The molecule has 0 aliphatic heterocycles. The Balaban J connectivity index is 2.26. The van der Waals surface area contributed by atoms with Crippen molar-refractivity contribution in [3.63, 3.8) is 0 Å². The van der Waals surface area contributed by atoms with Crippen molar-refractivity contribution in [3.05, 3.63) is 12.2 Å². The van der Waals surface area contributed by atoms with Crippen molar-refractivity contribution in [2.45, 2.75) is 84.0 Å². The third-order valence-corrected chi connectivity index (χ3v) is 3.86. The number of hydrogen-bond donors (Lipinski definition) is 0. The lowest BCUT2D eigenvalue weighted by Gasteiger charge is -2.12. The van der Waals surface area contributed by atoms with Gasteiger partial charge in [0.15, 0.2) is 0 Å². The Morgan fingerprint density at radius 2 is 1.00 bits per heavy atom. The van der Waals surface area contributed by atoms with Crippen molar-refractivity contribution in [1.29, 1.82) is 0 Å². The van der Waals surface area contributed by atoms with E-state index in [2.05, 4.69) is 19.1 Å². The molecule has 0 unspecified atom stereocenters. The van der Waals surface area contributed by atoms with Gasteiger partial charge in [-0.3, -0.25) is 0 Å². The predicted molar refractivity (Wildman–Crippen MR) is 73.7 cm³/mol. The van der Waals surface area contributed by atoms with Crippen LogP contribution in [-0.2, 0) is 0 Å². The van der Waals surface area contributed by atoms with Gasteiger partial charge in [-0.2, -0.15) is 0 Å². The average Bonchev–Trinajstić information content (AvgIpc) is 2.31. The molecule has 0 N–H and O–H groups in total. The van der Waals surface area contributed by atoms with Crippen molar-refractivity contribution in [1.82, 2.24) is 0 Å². The van der Waals surface area contributed by atoms with E-state index >= 15 is 0 Å². The lowest BCUT2D eigenvalue weighted by atomic mass is 9.94. The van der Waals surface area contributed by atoms with Gasteiger partial charge >= 0.3 is 0 Å². The van der Waals surface area contributed by atoms with Crippen LogP contribution in [0.3, 0.4) is 0 Å². The average molecular weight is 222 g/mol. The van der Waals surface area contributed by atoms with Gasteiger partial charge in [0.2, 0.25) is 0 Å². The van der Waals surface area contributed by atoms with E-state index in [1.165, 1.54) is 77.0 Å². The van der Waals surface area contributed by atoms with Crippen LogP contribution < -0.4 is 0 Å². The second-order valence-electron chi connectivity index (χ2n) is 5.40. The molecule has 1 saturated carbocycles. The molecule has 1 fully saturated rings. The van der Waals surface area contributed by atoms with Crippen molar-refractivity contribution in [3.8, 4) is 0 Å². The van der Waals surface area contributed by atoms with Crippen molar-refractivity contribution in [2.24, 2.45) is 5.92 Å². The van der Waals surface area contributed by atoms with Gasteiger partial charge in [-0.25, -0.2) is 0 Å². The van der Waals surface area contributed by atoms with Crippen molar-refractivity contribution < 1.29 is 0 Å². The third kappa shape index (κ3) is 7.09. The van der Waals surface area contributed by atoms with Crippen LogP contribution in [0.15, 0.2) is 12.2 Å². The first-order valence-corrected chi connectivity index (χ1v) is 7.56. The zero-order valence-electron chi connectivity index (χ0n) is 11.2. The van der Waals surface area contributed by atoms with Gasteiger partial charge in [-0.1, -0.05) is 76.4 Å². The van der Waals surface area contributed by atoms with Gasteiger partial charge < -0.3 is 0 Å². The molecule has 0 spiro atoms. The summed E-state index contributed by atoms with van der Waals surface area (Å²) in [6, 6.07) is 0. The molecule has 0 aromatic carbocycles. The summed E-state index contributed by atoms with van der Waals surface area (Å²) in [6.45, 7) is 2.17. The van der Waals surface area contributed by atoms with Crippen LogP contribution >= 0.6 is 0 Å². The molecular formula is C16H30. The van der Waals surface area contributed by atoms with E-state index < -0.39 is 0 Å². The molecule has 0 nitrogen and oxygen atoms in total. The maximum Gasteiger partial charge on any atom is -0.0234 e. The second-order valence-corrected chi connectivity index (χ2v) is 5.40. The normalized spacial score (nSPS) is 23.6. The highest BCUT2D eigenvalue weighted by molar-refractivity contribution is 4.85. The van der Waals surface area contributed by atoms with Gasteiger partial charge in [0.1, 0.15) is 0 Å². The Labute approximate surface area is 103 Å². The summed E-state index contributed by atoms with van der Waals surface area (Å²) >= 11 is 0. The molecule has 0 radical (unpaired) electrons. The van der Waals surface area contributed by atoms with E-state index in [1.54, 1.807) is 0 Å². The monoisotopic (exact) mass is 222 g/mol. The van der Waals surface area contributed by atoms with E-state index in [0.29, 0.717) is 0 Å². The fraction of sp³-hybridized carbons (Fsp3) is 0.875. The van der Waals surface area contributed by atoms with Gasteiger partial charge in [-0.15, -0.1) is 0 Å². The summed E-state index contributed by atoms with van der Waals surface area (Å²) in [5.74, 6) is 0.880. The van der Waals surface area contributed by atoms with Gasteiger partial charge in [0.25, 0.3) is 0 Å². The molecular weight excluding hydrogens is 192 g/mol. The minimum Gasteiger partial charge on any atom is -0.0914 e. The highest BCUT2D eigenvalue weighted by atomic mass is 14.1. The molecule has 1 rings (SSSR count). The molecule has 1 aliphatic rings. The van der Waals surface area contributed by atoms with Crippen LogP contribution in [0.25, 0.3) is 0 Å². The molecule has 0 heteroatoms. The van der Waals surface area contributed by atoms with Crippen LogP contribution in [0.5, 0.6) is 0 Å². The summed E-state index contributed by atoms with van der Waals surface area (Å²) in [4.78, 5) is 0. The first-order valence-electron chi connectivity index (χ1n) is 7.56. The lowest BCUT2D eigenvalue weighted by Crippen LogP contribution is -1.97. The van der Waals surface area contributed by atoms with E-state index in [1.807, 2.05) is 0 Å². The molecule has 0 bridgehead atoms. The number of allylic oxidation sites excluding steroid dienone is 2. The maximum absolute atomic E-state index is 2.44. The molecule has 0 amide bonds. The van der Waals surface area contributed by atoms with Crippen LogP contribution in [0.1, 0.15) is 84.0 Å². The Hall–Kier alpha value is -0.260. The highest BCUT2D eigenvalue weighted by Gasteiger charge is 2.05. The van der Waals surface area contributed by atoms with Crippen LogP contribution in [0, 0.1) is 5.92 Å². The van der Waals surface area contributed by atoms with Crippen molar-refractivity contribution >= 4 is 0 Å². The van der Waals surface area contributed by atoms with Crippen LogP contribution in [0.4, 0.5) is 0 Å². The summed E-state index contributed by atoms with van der Waals surface area (Å²) < 4.78 is 0. The highest BCUT2D eigenvalue weighted by Crippen LogP contribution is 2.21. The minimum atomic E-state index is 0.880. The SMILES string of the molecule is CC=CC1CCCCCCCCCCCC1. The topological polar surface area (TPSA) is 0 Å². The van der Waals surface area contributed by atoms with E-state index in [4.69, 9.17) is 0 Å². The fourth-order valence-corrected chi connectivity index (χ4v) is 2.84. The number of rotatable bonds is 1. The molecule has 16 heavy (non-hydrogen) atoms. The van der Waals surface area contributed by atoms with E-state index in [9.17, 15) is 0 Å². The zero-order chi connectivity index (χ0) is 11.5. The molecule has 1 aliphatic carbocycles. The Kier molecular flexibility index (Phi) is 8.57. The van der Waals surface area contributed by atoms with E-state index in [-0.39, 0.29) is 0 Å². The second kappa shape index (κ2) is 9.93. The first kappa shape index (κ1) is 13.8. The summed E-state index contributed by atoms with van der Waals surface area (Å²) in [7, 11) is 0. The standard InChI is InChI=1S/C16H30/c1-2-13-16-14-11-9-7-5-3-4-6-8-10-12-15-16/h2,13,16H,3-12,14-15H2,1H3. The molecule has 0 aromatic heterocycles. The zero-order valence-corrected chi connectivity index (χ0v) is 11.2. The van der Waals surface area contributed by atoms with Crippen molar-refractivity contribution in [2.75, 3.05) is 0 Å². The Bertz CT molecular complexity index is 155. The lowest BCUT2D eigenvalue weighted by molar-refractivity contribution is 0.476. The number of hydrogen-bond acceptors (Lipinski definition) is 0. The summed E-state index contributed by atoms with van der Waals surface area (Å²) in [5, 5.41) is 0. The molecule has 94 valence electrons. The largest absolute Gasteiger partial charge is 0.0914 e. The van der Waals surface area contributed by atoms with Crippen LogP contribution in [-0.4, -0.2) is 0 Å². The first-order chi connectivity index (χ1) is 7.93. The Morgan fingerprint density at radius 1 is 0.625 bits per heavy atom. The maximum atomic E-state index is 2.44. The Morgan fingerprint density at radius 3 is 1.38 bits per heavy atom. The fourth-order valence-electron chi connectivity index (χ4n) is 2.84. The molecule has 0 atom stereocenters. The van der Waals surface area contributed by atoms with Gasteiger partial charge in [-0.05, 0) is 25.7 Å².